The molecule has 0 spiro atoms. The highest BCUT2D eigenvalue weighted by atomic mass is 33.1. The van der Waals surface area contributed by atoms with Gasteiger partial charge in [-0.25, -0.2) is 8.42 Å². The predicted octanol–water partition coefficient (Wildman–Crippen LogP) is 5.72. The van der Waals surface area contributed by atoms with Crippen LogP contribution in [0.3, 0.4) is 0 Å². The van der Waals surface area contributed by atoms with Gasteiger partial charge in [0.2, 0.25) is 0 Å². The van der Waals surface area contributed by atoms with Gasteiger partial charge in [-0.15, -0.1) is 0 Å². The summed E-state index contributed by atoms with van der Waals surface area (Å²) in [6.07, 6.45) is -2.89. The Labute approximate surface area is 170 Å². The minimum absolute atomic E-state index is 0.166. The zero-order chi connectivity index (χ0) is 20.6. The van der Waals surface area contributed by atoms with Gasteiger partial charge in [0.15, 0.2) is 9.84 Å². The zero-order valence-corrected chi connectivity index (χ0v) is 17.4. The second-order valence-corrected chi connectivity index (χ2v) is 10.2. The Balaban J connectivity index is 1.77. The molecule has 0 saturated heterocycles. The van der Waals surface area contributed by atoms with Crippen LogP contribution in [0, 0.1) is 0 Å². The fourth-order valence-corrected chi connectivity index (χ4v) is 5.28. The van der Waals surface area contributed by atoms with E-state index in [4.69, 9.17) is 4.74 Å². The third-order valence-electron chi connectivity index (χ3n) is 3.60. The first-order chi connectivity index (χ1) is 13.2. The largest absolute Gasteiger partial charge is 0.497 e. The van der Waals surface area contributed by atoms with E-state index in [1.165, 1.54) is 22.9 Å². The van der Waals surface area contributed by atoms with Crippen LogP contribution >= 0.6 is 21.6 Å². The number of alkyl halides is 3. The lowest BCUT2D eigenvalue weighted by Crippen LogP contribution is -2.08. The first kappa shape index (κ1) is 22.7. The standard InChI is InChI=1S/C19H19F3O3S3/c1-25-18-5-2-4-16(12-18)13-27-26-10-3-11-28(23,24)14-15-6-8-17(9-7-15)19(20,21)22/h2-10,12H,11,13-14H2,1H3/b10-3+. The lowest BCUT2D eigenvalue weighted by Gasteiger charge is -2.07. The average Bonchev–Trinajstić information content (AvgIpc) is 2.64. The SMILES string of the molecule is COc1cccc(CSS/C=C/CS(=O)(=O)Cc2ccc(C(F)(F)F)cc2)c1. The van der Waals surface area contributed by atoms with Gasteiger partial charge in [0, 0.05) is 5.75 Å². The van der Waals surface area contributed by atoms with Gasteiger partial charge in [0.25, 0.3) is 0 Å². The Morgan fingerprint density at radius 1 is 1.07 bits per heavy atom. The van der Waals surface area contributed by atoms with Gasteiger partial charge in [-0.2, -0.15) is 13.2 Å². The van der Waals surface area contributed by atoms with E-state index in [0.717, 1.165) is 29.2 Å². The lowest BCUT2D eigenvalue weighted by atomic mass is 10.1. The van der Waals surface area contributed by atoms with E-state index in [0.29, 0.717) is 5.56 Å². The summed E-state index contributed by atoms with van der Waals surface area (Å²) in [6.45, 7) is 0. The van der Waals surface area contributed by atoms with Crippen LogP contribution in [0.25, 0.3) is 0 Å². The van der Waals surface area contributed by atoms with E-state index in [1.807, 2.05) is 24.3 Å². The summed E-state index contributed by atoms with van der Waals surface area (Å²) >= 11 is 0. The summed E-state index contributed by atoms with van der Waals surface area (Å²) < 4.78 is 67.0. The van der Waals surface area contributed by atoms with Crippen molar-refractivity contribution >= 4 is 31.4 Å². The van der Waals surface area contributed by atoms with Crippen molar-refractivity contribution in [3.8, 4) is 5.75 Å². The number of methoxy groups -OCH3 is 1. The van der Waals surface area contributed by atoms with Crippen molar-refractivity contribution in [2.45, 2.75) is 17.7 Å². The van der Waals surface area contributed by atoms with Gasteiger partial charge in [-0.3, -0.25) is 0 Å². The van der Waals surface area contributed by atoms with E-state index < -0.39 is 21.6 Å². The summed E-state index contributed by atoms with van der Waals surface area (Å²) in [5, 5.41) is 1.70. The fourth-order valence-electron chi connectivity index (χ4n) is 2.23. The Morgan fingerprint density at radius 2 is 1.79 bits per heavy atom. The lowest BCUT2D eigenvalue weighted by molar-refractivity contribution is -0.137. The normalized spacial score (nSPS) is 12.4. The average molecular weight is 449 g/mol. The molecular weight excluding hydrogens is 429 g/mol. The van der Waals surface area contributed by atoms with Crippen molar-refractivity contribution in [3.63, 3.8) is 0 Å². The molecule has 0 unspecified atom stereocenters. The molecular formula is C19H19F3O3S3. The number of sulfone groups is 1. The van der Waals surface area contributed by atoms with Crippen LogP contribution in [0.2, 0.25) is 0 Å². The van der Waals surface area contributed by atoms with Gasteiger partial charge in [-0.05, 0) is 40.8 Å². The molecule has 0 atom stereocenters. The van der Waals surface area contributed by atoms with Crippen LogP contribution in [0.5, 0.6) is 5.75 Å². The molecule has 2 rings (SSSR count). The van der Waals surface area contributed by atoms with Crippen LogP contribution in [0.1, 0.15) is 16.7 Å². The van der Waals surface area contributed by atoms with E-state index in [1.54, 1.807) is 29.4 Å². The number of benzene rings is 2. The topological polar surface area (TPSA) is 43.4 Å². The molecule has 152 valence electrons. The van der Waals surface area contributed by atoms with E-state index in [9.17, 15) is 21.6 Å². The molecule has 0 aromatic heterocycles. The Hall–Kier alpha value is -1.58. The highest BCUT2D eigenvalue weighted by Gasteiger charge is 2.30. The smallest absolute Gasteiger partial charge is 0.416 e. The first-order valence-corrected chi connectivity index (χ1v) is 12.3. The van der Waals surface area contributed by atoms with Crippen LogP contribution in [0.15, 0.2) is 60.0 Å². The summed E-state index contributed by atoms with van der Waals surface area (Å²) in [5.41, 5.74) is 0.639. The maximum atomic E-state index is 12.5. The monoisotopic (exact) mass is 448 g/mol. The van der Waals surface area contributed by atoms with Gasteiger partial charge in [0.1, 0.15) is 5.75 Å². The molecule has 0 saturated carbocycles. The van der Waals surface area contributed by atoms with Crippen molar-refractivity contribution < 1.29 is 26.3 Å². The maximum Gasteiger partial charge on any atom is 0.416 e. The van der Waals surface area contributed by atoms with E-state index in [-0.39, 0.29) is 11.5 Å². The number of hydrogen-bond acceptors (Lipinski definition) is 5. The molecule has 9 heteroatoms. The maximum absolute atomic E-state index is 12.5. The van der Waals surface area contributed by atoms with Gasteiger partial charge >= 0.3 is 6.18 Å². The third kappa shape index (κ3) is 7.81. The summed E-state index contributed by atoms with van der Waals surface area (Å²) in [5.74, 6) is 1.07. The Kier molecular flexibility index (Phi) is 8.33. The molecule has 0 aliphatic heterocycles. The van der Waals surface area contributed by atoms with Crippen molar-refractivity contribution in [2.24, 2.45) is 0 Å². The molecule has 0 fully saturated rings. The van der Waals surface area contributed by atoms with Crippen molar-refractivity contribution in [2.75, 3.05) is 12.9 Å². The predicted molar refractivity (Wildman–Crippen MR) is 110 cm³/mol. The molecule has 0 bridgehead atoms. The van der Waals surface area contributed by atoms with E-state index in [2.05, 4.69) is 0 Å². The minimum atomic E-state index is -4.43. The molecule has 3 nitrogen and oxygen atoms in total. The second-order valence-electron chi connectivity index (χ2n) is 5.83. The first-order valence-electron chi connectivity index (χ1n) is 8.12. The molecule has 2 aromatic carbocycles. The van der Waals surface area contributed by atoms with Crippen molar-refractivity contribution in [1.29, 1.82) is 0 Å². The molecule has 0 amide bonds. The molecule has 0 aliphatic carbocycles. The van der Waals surface area contributed by atoms with Crippen LogP contribution < -0.4 is 4.74 Å². The Morgan fingerprint density at radius 3 is 2.43 bits per heavy atom. The third-order valence-corrected chi connectivity index (χ3v) is 7.06. The second kappa shape index (κ2) is 10.3. The molecule has 28 heavy (non-hydrogen) atoms. The highest BCUT2D eigenvalue weighted by molar-refractivity contribution is 8.77. The van der Waals surface area contributed by atoms with Crippen LogP contribution in [-0.4, -0.2) is 21.3 Å². The molecule has 2 aromatic rings. The molecule has 0 radical (unpaired) electrons. The number of hydrogen-bond donors (Lipinski definition) is 0. The van der Waals surface area contributed by atoms with Crippen LogP contribution in [-0.2, 0) is 27.5 Å². The van der Waals surface area contributed by atoms with E-state index >= 15 is 0 Å². The van der Waals surface area contributed by atoms with Gasteiger partial charge in [-0.1, -0.05) is 51.9 Å². The summed E-state index contributed by atoms with van der Waals surface area (Å²) in [6, 6.07) is 11.9. The summed E-state index contributed by atoms with van der Waals surface area (Å²) in [7, 11) is 1.14. The zero-order valence-electron chi connectivity index (χ0n) is 15.0. The molecule has 0 aliphatic rings. The highest BCUT2D eigenvalue weighted by Crippen LogP contribution is 2.30. The number of halogens is 3. The quantitative estimate of drug-likeness (QED) is 0.362. The number of ether oxygens (including phenoxy) is 1. The van der Waals surface area contributed by atoms with Crippen molar-refractivity contribution in [3.05, 3.63) is 76.7 Å². The Bertz CT molecular complexity index is 893. The summed E-state index contributed by atoms with van der Waals surface area (Å²) in [4.78, 5) is 0. The molecule has 0 N–H and O–H groups in total. The molecule has 0 heterocycles. The van der Waals surface area contributed by atoms with Crippen molar-refractivity contribution in [1.82, 2.24) is 0 Å². The van der Waals surface area contributed by atoms with Gasteiger partial charge in [0.05, 0.1) is 24.2 Å². The number of rotatable bonds is 9. The fraction of sp³-hybridized carbons (Fsp3) is 0.263. The van der Waals surface area contributed by atoms with Crippen LogP contribution in [0.4, 0.5) is 13.2 Å². The van der Waals surface area contributed by atoms with Gasteiger partial charge < -0.3 is 4.74 Å². The minimum Gasteiger partial charge on any atom is -0.497 e.